The zero-order valence-corrected chi connectivity index (χ0v) is 20.1. The second-order valence-electron chi connectivity index (χ2n) is 10.2. The smallest absolute Gasteiger partial charge is 0.388 e. The number of β-amino-alcohol motifs (C(OH)–C–C–N with tert-alkyl or cyclic N) is 1. The fourth-order valence-electron chi connectivity index (χ4n) is 5.69. The van der Waals surface area contributed by atoms with E-state index < -0.39 is 18.3 Å². The summed E-state index contributed by atoms with van der Waals surface area (Å²) in [7, 11) is 0. The highest BCUT2D eigenvalue weighted by molar-refractivity contribution is 5.80. The molecule has 36 heavy (non-hydrogen) atoms. The molecule has 194 valence electrons. The highest BCUT2D eigenvalue weighted by Crippen LogP contribution is 2.33. The van der Waals surface area contributed by atoms with Crippen molar-refractivity contribution in [2.45, 2.75) is 43.5 Å². The van der Waals surface area contributed by atoms with Crippen LogP contribution >= 0.6 is 0 Å². The van der Waals surface area contributed by atoms with Crippen molar-refractivity contribution in [2.24, 2.45) is 10.9 Å². The SMILES string of the molecule is O=C([C@@H]1CCNC[C@H]1c1ccccc1)N1CCC(O)(CN2C=c3ccn(CC(F)(F)F)c3=NC2)CC1. The second kappa shape index (κ2) is 9.89. The predicted octanol–water partition coefficient (Wildman–Crippen LogP) is 1.43. The molecule has 3 aliphatic rings. The van der Waals surface area contributed by atoms with Crippen molar-refractivity contribution in [1.29, 1.82) is 0 Å². The van der Waals surface area contributed by atoms with Crippen molar-refractivity contribution in [1.82, 2.24) is 19.7 Å². The summed E-state index contributed by atoms with van der Waals surface area (Å²) in [5.74, 6) is 0.215. The molecule has 0 radical (unpaired) electrons. The average Bonchev–Trinajstić information content (AvgIpc) is 3.24. The Balaban J connectivity index is 1.20. The Bertz CT molecular complexity index is 1190. The van der Waals surface area contributed by atoms with Gasteiger partial charge in [0.2, 0.25) is 5.91 Å². The number of hydrogen-bond donors (Lipinski definition) is 2. The molecular weight excluding hydrogens is 471 g/mol. The van der Waals surface area contributed by atoms with Gasteiger partial charge in [-0.2, -0.15) is 13.2 Å². The van der Waals surface area contributed by atoms with Gasteiger partial charge in [-0.1, -0.05) is 30.3 Å². The first-order valence-corrected chi connectivity index (χ1v) is 12.5. The molecule has 2 fully saturated rings. The van der Waals surface area contributed by atoms with Crippen molar-refractivity contribution in [2.75, 3.05) is 39.4 Å². The molecule has 0 spiro atoms. The normalized spacial score (nSPS) is 24.0. The van der Waals surface area contributed by atoms with Gasteiger partial charge in [-0.3, -0.25) is 4.79 Å². The number of amides is 1. The van der Waals surface area contributed by atoms with E-state index in [1.807, 2.05) is 28.0 Å². The Kier molecular flexibility index (Phi) is 6.82. The monoisotopic (exact) mass is 503 g/mol. The second-order valence-corrected chi connectivity index (χ2v) is 10.2. The minimum atomic E-state index is -4.31. The minimum absolute atomic E-state index is 0.0757. The molecule has 0 aliphatic carbocycles. The molecule has 2 atom stereocenters. The zero-order valence-electron chi connectivity index (χ0n) is 20.1. The van der Waals surface area contributed by atoms with Crippen molar-refractivity contribution in [3.63, 3.8) is 0 Å². The molecule has 7 nitrogen and oxygen atoms in total. The molecule has 4 heterocycles. The van der Waals surface area contributed by atoms with Gasteiger partial charge in [0.1, 0.15) is 18.7 Å². The number of aromatic nitrogens is 1. The summed E-state index contributed by atoms with van der Waals surface area (Å²) in [6.45, 7) is 2.00. The number of likely N-dealkylation sites (tertiary alicyclic amines) is 1. The maximum absolute atomic E-state index is 13.5. The van der Waals surface area contributed by atoms with Gasteiger partial charge in [0, 0.05) is 55.6 Å². The number of aliphatic hydroxyl groups is 1. The molecule has 1 aromatic carbocycles. The number of alkyl halides is 3. The van der Waals surface area contributed by atoms with Crippen LogP contribution in [0.3, 0.4) is 0 Å². The van der Waals surface area contributed by atoms with Gasteiger partial charge < -0.3 is 24.8 Å². The van der Waals surface area contributed by atoms with Crippen LogP contribution in [0.1, 0.15) is 30.7 Å². The molecule has 5 rings (SSSR count). The maximum Gasteiger partial charge on any atom is 0.406 e. The van der Waals surface area contributed by atoms with Gasteiger partial charge in [-0.15, -0.1) is 0 Å². The molecule has 2 N–H and O–H groups in total. The van der Waals surface area contributed by atoms with Gasteiger partial charge in [0.15, 0.2) is 0 Å². The first-order valence-electron chi connectivity index (χ1n) is 12.5. The Hall–Kier alpha value is -2.85. The molecule has 0 bridgehead atoms. The number of halogens is 3. The molecule has 0 unspecified atom stereocenters. The number of carbonyl (C=O) groups excluding carboxylic acids is 1. The Morgan fingerprint density at radius 2 is 1.92 bits per heavy atom. The highest BCUT2D eigenvalue weighted by Gasteiger charge is 2.40. The molecule has 2 aromatic rings. The number of rotatable bonds is 5. The van der Waals surface area contributed by atoms with Crippen LogP contribution in [0.4, 0.5) is 13.2 Å². The van der Waals surface area contributed by atoms with E-state index in [-0.39, 0.29) is 24.4 Å². The van der Waals surface area contributed by atoms with E-state index in [0.717, 1.165) is 24.1 Å². The maximum atomic E-state index is 13.5. The van der Waals surface area contributed by atoms with Crippen LogP contribution < -0.4 is 16.0 Å². The lowest BCUT2D eigenvalue weighted by molar-refractivity contribution is -0.142. The number of carbonyl (C=O) groups is 1. The van der Waals surface area contributed by atoms with E-state index in [1.54, 1.807) is 12.3 Å². The van der Waals surface area contributed by atoms with Crippen molar-refractivity contribution in [3.8, 4) is 0 Å². The summed E-state index contributed by atoms with van der Waals surface area (Å²) >= 11 is 0. The van der Waals surface area contributed by atoms with Crippen LogP contribution in [-0.2, 0) is 11.3 Å². The van der Waals surface area contributed by atoms with Crippen molar-refractivity contribution in [3.05, 3.63) is 58.9 Å². The predicted molar refractivity (Wildman–Crippen MR) is 128 cm³/mol. The Morgan fingerprint density at radius 1 is 1.17 bits per heavy atom. The lowest BCUT2D eigenvalue weighted by Crippen LogP contribution is -2.54. The minimum Gasteiger partial charge on any atom is -0.388 e. The summed E-state index contributed by atoms with van der Waals surface area (Å²) in [5, 5.41) is 15.3. The van der Waals surface area contributed by atoms with E-state index in [9.17, 15) is 23.1 Å². The van der Waals surface area contributed by atoms with Crippen LogP contribution in [0, 0.1) is 5.92 Å². The van der Waals surface area contributed by atoms with Gasteiger partial charge in [-0.25, -0.2) is 4.99 Å². The molecule has 1 amide bonds. The third-order valence-corrected chi connectivity index (χ3v) is 7.57. The Morgan fingerprint density at radius 3 is 2.64 bits per heavy atom. The fraction of sp³-hybridized carbons (Fsp3) is 0.538. The number of nitrogens with zero attached hydrogens (tertiary/aromatic N) is 4. The Labute approximate surface area is 207 Å². The quantitative estimate of drug-likeness (QED) is 0.648. The van der Waals surface area contributed by atoms with E-state index >= 15 is 0 Å². The zero-order chi connectivity index (χ0) is 25.3. The van der Waals surface area contributed by atoms with Gasteiger partial charge in [-0.05, 0) is 37.4 Å². The standard InChI is InChI=1S/C26H32F3N5O2/c27-26(28,29)17-34-11-7-20-15-32(18-31-23(20)34)16-25(36)8-12-33(13-9-25)24(35)21-6-10-30-14-22(21)19-4-2-1-3-5-19/h1-5,7,11,15,21-22,30,36H,6,8-10,12-14,16-18H2/t21-,22+/m1/s1. The van der Waals surface area contributed by atoms with Gasteiger partial charge in [0.25, 0.3) is 0 Å². The van der Waals surface area contributed by atoms with Crippen molar-refractivity contribution >= 4 is 12.1 Å². The van der Waals surface area contributed by atoms with Crippen LogP contribution in [0.5, 0.6) is 0 Å². The third-order valence-electron chi connectivity index (χ3n) is 7.57. The first-order chi connectivity index (χ1) is 17.2. The van der Waals surface area contributed by atoms with Crippen LogP contribution in [0.25, 0.3) is 6.20 Å². The van der Waals surface area contributed by atoms with Crippen LogP contribution in [-0.4, -0.2) is 76.6 Å². The van der Waals surface area contributed by atoms with Crippen LogP contribution in [0.2, 0.25) is 0 Å². The van der Waals surface area contributed by atoms with Crippen molar-refractivity contribution < 1.29 is 23.1 Å². The molecular formula is C26H32F3N5O2. The molecule has 2 saturated heterocycles. The van der Waals surface area contributed by atoms with E-state index in [2.05, 4.69) is 22.4 Å². The summed E-state index contributed by atoms with van der Waals surface area (Å²) in [6.07, 6.45) is 0.543. The van der Waals surface area contributed by atoms with Gasteiger partial charge in [0.05, 0.1) is 5.60 Å². The highest BCUT2D eigenvalue weighted by atomic mass is 19.4. The molecule has 1 aromatic heterocycles. The van der Waals surface area contributed by atoms with E-state index in [0.29, 0.717) is 43.2 Å². The number of hydrogen-bond acceptors (Lipinski definition) is 5. The average molecular weight is 504 g/mol. The molecule has 10 heteroatoms. The van der Waals surface area contributed by atoms with E-state index in [1.165, 1.54) is 11.8 Å². The summed E-state index contributed by atoms with van der Waals surface area (Å²) in [5.41, 5.74) is 0.497. The topological polar surface area (TPSA) is 73.1 Å². The molecule has 3 aliphatic heterocycles. The number of nitrogens with one attached hydrogen (secondary N) is 1. The first kappa shape index (κ1) is 24.8. The lowest BCUT2D eigenvalue weighted by atomic mass is 9.80. The number of fused-ring (bicyclic) bond motifs is 1. The number of piperidine rings is 2. The van der Waals surface area contributed by atoms with Crippen LogP contribution in [0.15, 0.2) is 47.6 Å². The van der Waals surface area contributed by atoms with Gasteiger partial charge >= 0.3 is 6.18 Å². The third kappa shape index (κ3) is 5.44. The largest absolute Gasteiger partial charge is 0.406 e. The molecule has 0 saturated carbocycles. The van der Waals surface area contributed by atoms with E-state index in [4.69, 9.17) is 0 Å². The number of benzene rings is 1. The summed E-state index contributed by atoms with van der Waals surface area (Å²) in [4.78, 5) is 21.5. The fourth-order valence-corrected chi connectivity index (χ4v) is 5.69. The summed E-state index contributed by atoms with van der Waals surface area (Å²) in [6, 6.07) is 11.8. The summed E-state index contributed by atoms with van der Waals surface area (Å²) < 4.78 is 39.5. The lowest BCUT2D eigenvalue weighted by Gasteiger charge is -2.43.